The van der Waals surface area contributed by atoms with Crippen LogP contribution in [0.3, 0.4) is 0 Å². The Bertz CT molecular complexity index is 798. The molecule has 3 rings (SSSR count). The van der Waals surface area contributed by atoms with Crippen molar-refractivity contribution in [2.45, 2.75) is 13.0 Å². The molecule has 2 heterocycles. The summed E-state index contributed by atoms with van der Waals surface area (Å²) in [6.45, 7) is 1.61. The number of carbonyl (C=O) groups excluding carboxylic acids is 1. The Labute approximate surface area is 127 Å². The summed E-state index contributed by atoms with van der Waals surface area (Å²) in [5.41, 5.74) is 2.73. The van der Waals surface area contributed by atoms with Crippen molar-refractivity contribution in [3.8, 4) is 11.3 Å². The highest BCUT2D eigenvalue weighted by Crippen LogP contribution is 2.20. The molecule has 2 aromatic heterocycles. The van der Waals surface area contributed by atoms with E-state index < -0.39 is 0 Å². The number of amides is 1. The number of aliphatic hydroxyl groups excluding tert-OH is 1. The second-order valence-electron chi connectivity index (χ2n) is 5.05. The molecule has 112 valence electrons. The number of benzene rings is 1. The number of hydrogen-bond acceptors (Lipinski definition) is 4. The zero-order valence-electron chi connectivity index (χ0n) is 12.1. The van der Waals surface area contributed by atoms with Crippen molar-refractivity contribution in [1.29, 1.82) is 0 Å². The number of carbonyl (C=O) groups is 1. The van der Waals surface area contributed by atoms with Gasteiger partial charge in [0.2, 0.25) is 0 Å². The minimum absolute atomic E-state index is 0.117. The summed E-state index contributed by atoms with van der Waals surface area (Å²) in [7, 11) is 0. The lowest BCUT2D eigenvalue weighted by molar-refractivity contribution is 0.0924. The van der Waals surface area contributed by atoms with Crippen LogP contribution < -0.4 is 5.32 Å². The molecular weight excluding hydrogens is 280 g/mol. The molecule has 3 aromatic rings. The molecule has 6 heteroatoms. The van der Waals surface area contributed by atoms with Gasteiger partial charge in [-0.3, -0.25) is 4.79 Å². The highest BCUT2D eigenvalue weighted by atomic mass is 16.3. The number of fused-ring (bicyclic) bond motifs is 1. The monoisotopic (exact) mass is 296 g/mol. The average molecular weight is 296 g/mol. The van der Waals surface area contributed by atoms with E-state index in [1.54, 1.807) is 17.6 Å². The van der Waals surface area contributed by atoms with E-state index in [1.807, 2.05) is 36.4 Å². The summed E-state index contributed by atoms with van der Waals surface area (Å²) in [4.78, 5) is 16.5. The largest absolute Gasteiger partial charge is 0.394 e. The molecule has 0 radical (unpaired) electrons. The Hall–Kier alpha value is -2.73. The van der Waals surface area contributed by atoms with Gasteiger partial charge in [0.25, 0.3) is 5.91 Å². The van der Waals surface area contributed by atoms with Crippen molar-refractivity contribution < 1.29 is 9.90 Å². The van der Waals surface area contributed by atoms with Crippen LogP contribution in [0.4, 0.5) is 0 Å². The molecule has 0 aliphatic heterocycles. The van der Waals surface area contributed by atoms with Crippen LogP contribution in [0.15, 0.2) is 48.8 Å². The van der Waals surface area contributed by atoms with E-state index in [2.05, 4.69) is 15.4 Å². The molecule has 6 nitrogen and oxygen atoms in total. The van der Waals surface area contributed by atoms with Crippen LogP contribution in [0.2, 0.25) is 0 Å². The molecule has 1 aromatic carbocycles. The summed E-state index contributed by atoms with van der Waals surface area (Å²) < 4.78 is 1.65. The summed E-state index contributed by atoms with van der Waals surface area (Å²) in [5, 5.41) is 16.0. The van der Waals surface area contributed by atoms with Gasteiger partial charge in [-0.15, -0.1) is 0 Å². The molecule has 1 amide bonds. The molecule has 2 N–H and O–H groups in total. The molecule has 0 bridgehead atoms. The van der Waals surface area contributed by atoms with Gasteiger partial charge in [-0.2, -0.15) is 5.10 Å². The highest BCUT2D eigenvalue weighted by Gasteiger charge is 2.17. The topological polar surface area (TPSA) is 79.5 Å². The fraction of sp³-hybridized carbons (Fsp3) is 0.188. The van der Waals surface area contributed by atoms with E-state index in [-0.39, 0.29) is 18.6 Å². The SMILES string of the molecule is CC(CO)NC(=O)c1cnn2c(-c3ccccc3)ccnc12. The van der Waals surface area contributed by atoms with Crippen molar-refractivity contribution in [2.24, 2.45) is 0 Å². The van der Waals surface area contributed by atoms with E-state index in [4.69, 9.17) is 5.11 Å². The van der Waals surface area contributed by atoms with Gasteiger partial charge in [0, 0.05) is 17.8 Å². The van der Waals surface area contributed by atoms with E-state index in [0.29, 0.717) is 11.2 Å². The normalized spacial score (nSPS) is 12.3. The molecule has 0 saturated heterocycles. The third-order valence-electron chi connectivity index (χ3n) is 3.37. The molecule has 0 aliphatic carbocycles. The quantitative estimate of drug-likeness (QED) is 0.765. The molecule has 0 fully saturated rings. The number of hydrogen-bond donors (Lipinski definition) is 2. The summed E-state index contributed by atoms with van der Waals surface area (Å²) in [6.07, 6.45) is 3.15. The molecule has 0 spiro atoms. The second kappa shape index (κ2) is 5.95. The van der Waals surface area contributed by atoms with Crippen LogP contribution in [0, 0.1) is 0 Å². The highest BCUT2D eigenvalue weighted by molar-refractivity contribution is 6.00. The molecule has 0 saturated carbocycles. The van der Waals surface area contributed by atoms with E-state index in [1.165, 1.54) is 6.20 Å². The third kappa shape index (κ3) is 2.56. The van der Waals surface area contributed by atoms with Crippen LogP contribution >= 0.6 is 0 Å². The first-order valence-electron chi connectivity index (χ1n) is 7.00. The summed E-state index contributed by atoms with van der Waals surface area (Å²) in [5.74, 6) is -0.297. The van der Waals surface area contributed by atoms with Crippen molar-refractivity contribution in [1.82, 2.24) is 19.9 Å². The Balaban J connectivity index is 2.04. The van der Waals surface area contributed by atoms with E-state index in [9.17, 15) is 4.79 Å². The van der Waals surface area contributed by atoms with Crippen molar-refractivity contribution in [3.63, 3.8) is 0 Å². The fourth-order valence-corrected chi connectivity index (χ4v) is 2.23. The number of aliphatic hydroxyl groups is 1. The smallest absolute Gasteiger partial charge is 0.257 e. The number of aromatic nitrogens is 3. The van der Waals surface area contributed by atoms with Gasteiger partial charge in [0.15, 0.2) is 5.65 Å². The van der Waals surface area contributed by atoms with Crippen molar-refractivity contribution in [2.75, 3.05) is 6.61 Å². The standard InChI is InChI=1S/C16H16N4O2/c1-11(10-21)19-16(22)13-9-18-20-14(7-8-17-15(13)20)12-5-3-2-4-6-12/h2-9,11,21H,10H2,1H3,(H,19,22). The van der Waals surface area contributed by atoms with Crippen molar-refractivity contribution >= 4 is 11.6 Å². The second-order valence-corrected chi connectivity index (χ2v) is 5.05. The van der Waals surface area contributed by atoms with Gasteiger partial charge < -0.3 is 10.4 Å². The van der Waals surface area contributed by atoms with Gasteiger partial charge in [-0.25, -0.2) is 9.50 Å². The summed E-state index contributed by atoms with van der Waals surface area (Å²) in [6, 6.07) is 11.3. The van der Waals surface area contributed by atoms with Crippen LogP contribution in [0.1, 0.15) is 17.3 Å². The Kier molecular flexibility index (Phi) is 3.84. The van der Waals surface area contributed by atoms with Crippen LogP contribution in [-0.2, 0) is 0 Å². The molecule has 0 aliphatic rings. The Morgan fingerprint density at radius 1 is 1.32 bits per heavy atom. The third-order valence-corrected chi connectivity index (χ3v) is 3.37. The van der Waals surface area contributed by atoms with Gasteiger partial charge >= 0.3 is 0 Å². The molecule has 22 heavy (non-hydrogen) atoms. The lowest BCUT2D eigenvalue weighted by Gasteiger charge is -2.09. The van der Waals surface area contributed by atoms with Crippen LogP contribution in [-0.4, -0.2) is 38.3 Å². The van der Waals surface area contributed by atoms with Crippen molar-refractivity contribution in [3.05, 3.63) is 54.4 Å². The maximum atomic E-state index is 12.2. The van der Waals surface area contributed by atoms with Gasteiger partial charge in [0.1, 0.15) is 5.56 Å². The minimum atomic E-state index is -0.320. The van der Waals surface area contributed by atoms with E-state index in [0.717, 1.165) is 11.3 Å². The van der Waals surface area contributed by atoms with Gasteiger partial charge in [-0.1, -0.05) is 30.3 Å². The predicted molar refractivity (Wildman–Crippen MR) is 82.4 cm³/mol. The lowest BCUT2D eigenvalue weighted by Crippen LogP contribution is -2.34. The molecular formula is C16H16N4O2. The number of rotatable bonds is 4. The molecule has 1 atom stereocenters. The first kappa shape index (κ1) is 14.2. The number of nitrogens with one attached hydrogen (secondary N) is 1. The van der Waals surface area contributed by atoms with E-state index >= 15 is 0 Å². The average Bonchev–Trinajstić information content (AvgIpc) is 2.99. The first-order chi connectivity index (χ1) is 10.7. The Morgan fingerprint density at radius 3 is 2.82 bits per heavy atom. The zero-order chi connectivity index (χ0) is 15.5. The fourth-order valence-electron chi connectivity index (χ4n) is 2.23. The molecule has 1 unspecified atom stereocenters. The summed E-state index contributed by atoms with van der Waals surface area (Å²) >= 11 is 0. The van der Waals surface area contributed by atoms with Gasteiger partial charge in [0.05, 0.1) is 18.5 Å². The van der Waals surface area contributed by atoms with Crippen LogP contribution in [0.5, 0.6) is 0 Å². The zero-order valence-corrected chi connectivity index (χ0v) is 12.1. The first-order valence-corrected chi connectivity index (χ1v) is 7.00. The Morgan fingerprint density at radius 2 is 2.09 bits per heavy atom. The maximum Gasteiger partial charge on any atom is 0.257 e. The predicted octanol–water partition coefficient (Wildman–Crippen LogP) is 1.51. The minimum Gasteiger partial charge on any atom is -0.394 e. The van der Waals surface area contributed by atoms with Crippen LogP contribution in [0.25, 0.3) is 16.9 Å². The lowest BCUT2D eigenvalue weighted by atomic mass is 10.1. The number of nitrogens with zero attached hydrogens (tertiary/aromatic N) is 3. The maximum absolute atomic E-state index is 12.2. The van der Waals surface area contributed by atoms with Gasteiger partial charge in [-0.05, 0) is 13.0 Å².